The maximum absolute atomic E-state index is 6.31. The molecule has 1 aliphatic rings. The van der Waals surface area contributed by atoms with Gasteiger partial charge in [-0.25, -0.2) is 0 Å². The fraction of sp³-hybridized carbons (Fsp3) is 0.647. The topological polar surface area (TPSA) is 24.5 Å². The summed E-state index contributed by atoms with van der Waals surface area (Å²) in [6.07, 6.45) is 2.62. The van der Waals surface area contributed by atoms with Crippen molar-refractivity contribution in [2.24, 2.45) is 0 Å². The maximum Gasteiger partial charge on any atom is 0.142 e. The van der Waals surface area contributed by atoms with Gasteiger partial charge in [0, 0.05) is 24.2 Å². The Balaban J connectivity index is 1.93. The van der Waals surface area contributed by atoms with Gasteiger partial charge in [0.1, 0.15) is 12.4 Å². The molecule has 0 saturated carbocycles. The minimum Gasteiger partial charge on any atom is -0.490 e. The van der Waals surface area contributed by atoms with Gasteiger partial charge < -0.3 is 10.1 Å². The number of likely N-dealkylation sites (tertiary alicyclic amines) is 1. The fourth-order valence-electron chi connectivity index (χ4n) is 2.50. The average molecular weight is 311 g/mol. The van der Waals surface area contributed by atoms with Gasteiger partial charge in [-0.2, -0.15) is 0 Å². The van der Waals surface area contributed by atoms with Crippen molar-refractivity contribution < 1.29 is 4.74 Å². The highest BCUT2D eigenvalue weighted by Gasteiger charge is 2.14. The third kappa shape index (κ3) is 5.50. The molecular weight excluding hydrogens is 284 g/mol. The van der Waals surface area contributed by atoms with E-state index < -0.39 is 0 Å². The Labute approximate surface area is 133 Å². The monoisotopic (exact) mass is 310 g/mol. The van der Waals surface area contributed by atoms with E-state index in [1.807, 2.05) is 12.1 Å². The molecule has 0 aromatic heterocycles. The number of ether oxygens (including phenoxy) is 1. The zero-order chi connectivity index (χ0) is 15.3. The Morgan fingerprint density at radius 1 is 1.24 bits per heavy atom. The van der Waals surface area contributed by atoms with Gasteiger partial charge >= 0.3 is 0 Å². The predicted molar refractivity (Wildman–Crippen MR) is 89.2 cm³/mol. The standard InChI is InChI=1S/C17H27ClN2O/c1-17(2,3)19-13-14-7-6-8-15(18)16(14)21-12-11-20-9-4-5-10-20/h6-8,19H,4-5,9-13H2,1-3H3. The van der Waals surface area contributed by atoms with Crippen LogP contribution in [0.2, 0.25) is 5.02 Å². The summed E-state index contributed by atoms with van der Waals surface area (Å²) in [5.74, 6) is 0.829. The summed E-state index contributed by atoms with van der Waals surface area (Å²) < 4.78 is 5.98. The van der Waals surface area contributed by atoms with Gasteiger partial charge in [-0.05, 0) is 52.8 Å². The zero-order valence-corrected chi connectivity index (χ0v) is 14.2. The smallest absolute Gasteiger partial charge is 0.142 e. The van der Waals surface area contributed by atoms with Crippen LogP contribution in [0, 0.1) is 0 Å². The van der Waals surface area contributed by atoms with Gasteiger partial charge in [-0.15, -0.1) is 0 Å². The van der Waals surface area contributed by atoms with E-state index in [1.165, 1.54) is 25.9 Å². The van der Waals surface area contributed by atoms with Crippen molar-refractivity contribution in [3.8, 4) is 5.75 Å². The third-order valence-electron chi connectivity index (χ3n) is 3.71. The molecule has 0 spiro atoms. The van der Waals surface area contributed by atoms with E-state index in [9.17, 15) is 0 Å². The van der Waals surface area contributed by atoms with Crippen molar-refractivity contribution in [3.63, 3.8) is 0 Å². The lowest BCUT2D eigenvalue weighted by Gasteiger charge is -2.22. The van der Waals surface area contributed by atoms with E-state index in [-0.39, 0.29) is 5.54 Å². The molecule has 1 N–H and O–H groups in total. The van der Waals surface area contributed by atoms with Crippen LogP contribution in [-0.4, -0.2) is 36.7 Å². The molecule has 2 rings (SSSR count). The van der Waals surface area contributed by atoms with Crippen molar-refractivity contribution in [3.05, 3.63) is 28.8 Å². The first-order valence-electron chi connectivity index (χ1n) is 7.83. The molecule has 0 bridgehead atoms. The molecule has 3 nitrogen and oxygen atoms in total. The normalized spacial score (nSPS) is 16.4. The van der Waals surface area contributed by atoms with Gasteiger partial charge in [0.05, 0.1) is 5.02 Å². The second-order valence-electron chi connectivity index (χ2n) is 6.73. The summed E-state index contributed by atoms with van der Waals surface area (Å²) >= 11 is 6.31. The van der Waals surface area contributed by atoms with Crippen molar-refractivity contribution in [2.45, 2.75) is 45.7 Å². The summed E-state index contributed by atoms with van der Waals surface area (Å²) in [6, 6.07) is 5.96. The Morgan fingerprint density at radius 3 is 2.62 bits per heavy atom. The van der Waals surface area contributed by atoms with Crippen molar-refractivity contribution in [2.75, 3.05) is 26.2 Å². The van der Waals surface area contributed by atoms with Crippen molar-refractivity contribution >= 4 is 11.6 Å². The Morgan fingerprint density at radius 2 is 1.95 bits per heavy atom. The minimum atomic E-state index is 0.0785. The average Bonchev–Trinajstić information content (AvgIpc) is 2.91. The molecule has 1 heterocycles. The van der Waals surface area contributed by atoms with Gasteiger partial charge in [0.2, 0.25) is 0 Å². The number of halogens is 1. The fourth-order valence-corrected chi connectivity index (χ4v) is 2.75. The molecule has 1 saturated heterocycles. The molecule has 21 heavy (non-hydrogen) atoms. The lowest BCUT2D eigenvalue weighted by molar-refractivity contribution is 0.235. The second kappa shape index (κ2) is 7.48. The third-order valence-corrected chi connectivity index (χ3v) is 4.01. The van der Waals surface area contributed by atoms with Crippen LogP contribution in [0.25, 0.3) is 0 Å². The number of para-hydroxylation sites is 1. The summed E-state index contributed by atoms with van der Waals surface area (Å²) in [5.41, 5.74) is 1.20. The Hall–Kier alpha value is -0.770. The van der Waals surface area contributed by atoms with Gasteiger partial charge in [-0.1, -0.05) is 23.7 Å². The SMILES string of the molecule is CC(C)(C)NCc1cccc(Cl)c1OCCN1CCCC1. The first-order valence-corrected chi connectivity index (χ1v) is 8.21. The molecule has 1 aromatic rings. The van der Waals surface area contributed by atoms with E-state index in [0.29, 0.717) is 11.6 Å². The van der Waals surface area contributed by atoms with Crippen LogP contribution in [0.1, 0.15) is 39.2 Å². The van der Waals surface area contributed by atoms with Crippen LogP contribution in [-0.2, 0) is 6.54 Å². The van der Waals surface area contributed by atoms with Gasteiger partial charge in [0.15, 0.2) is 0 Å². The summed E-state index contributed by atoms with van der Waals surface area (Å²) in [5, 5.41) is 4.19. The summed E-state index contributed by atoms with van der Waals surface area (Å²) in [4.78, 5) is 2.45. The molecule has 4 heteroatoms. The van der Waals surface area contributed by atoms with Crippen LogP contribution < -0.4 is 10.1 Å². The number of rotatable bonds is 6. The largest absolute Gasteiger partial charge is 0.490 e. The first-order chi connectivity index (χ1) is 9.96. The Kier molecular flexibility index (Phi) is 5.91. The maximum atomic E-state index is 6.31. The summed E-state index contributed by atoms with van der Waals surface area (Å²) in [7, 11) is 0. The molecule has 1 fully saturated rings. The van der Waals surface area contributed by atoms with Gasteiger partial charge in [-0.3, -0.25) is 4.90 Å². The molecule has 118 valence electrons. The van der Waals surface area contributed by atoms with Crippen molar-refractivity contribution in [1.29, 1.82) is 0 Å². The molecule has 0 atom stereocenters. The molecule has 0 unspecified atom stereocenters. The molecular formula is C17H27ClN2O. The number of hydrogen-bond donors (Lipinski definition) is 1. The predicted octanol–water partition coefficient (Wildman–Crippen LogP) is 3.70. The number of benzene rings is 1. The number of hydrogen-bond acceptors (Lipinski definition) is 3. The van der Waals surface area contributed by atoms with Crippen LogP contribution in [0.5, 0.6) is 5.75 Å². The minimum absolute atomic E-state index is 0.0785. The van der Waals surface area contributed by atoms with E-state index in [1.54, 1.807) is 0 Å². The number of nitrogens with one attached hydrogen (secondary N) is 1. The van der Waals surface area contributed by atoms with E-state index in [2.05, 4.69) is 37.1 Å². The Bertz CT molecular complexity index is 451. The lowest BCUT2D eigenvalue weighted by atomic mass is 10.1. The van der Waals surface area contributed by atoms with Crippen LogP contribution in [0.4, 0.5) is 0 Å². The molecule has 1 aromatic carbocycles. The molecule has 0 aliphatic carbocycles. The van der Waals surface area contributed by atoms with E-state index >= 15 is 0 Å². The highest BCUT2D eigenvalue weighted by Crippen LogP contribution is 2.29. The van der Waals surface area contributed by atoms with Crippen LogP contribution >= 0.6 is 11.6 Å². The lowest BCUT2D eigenvalue weighted by Crippen LogP contribution is -2.35. The first kappa shape index (κ1) is 16.6. The highest BCUT2D eigenvalue weighted by molar-refractivity contribution is 6.32. The van der Waals surface area contributed by atoms with Crippen LogP contribution in [0.15, 0.2) is 18.2 Å². The number of nitrogens with zero attached hydrogens (tertiary/aromatic N) is 1. The summed E-state index contributed by atoms with van der Waals surface area (Å²) in [6.45, 7) is 11.3. The molecule has 0 amide bonds. The van der Waals surface area contributed by atoms with Crippen LogP contribution in [0.3, 0.4) is 0 Å². The second-order valence-corrected chi connectivity index (χ2v) is 7.14. The zero-order valence-electron chi connectivity index (χ0n) is 13.4. The quantitative estimate of drug-likeness (QED) is 0.867. The van der Waals surface area contributed by atoms with E-state index in [0.717, 1.165) is 24.4 Å². The molecule has 0 radical (unpaired) electrons. The van der Waals surface area contributed by atoms with Crippen molar-refractivity contribution in [1.82, 2.24) is 10.2 Å². The highest BCUT2D eigenvalue weighted by atomic mass is 35.5. The molecule has 1 aliphatic heterocycles. The van der Waals surface area contributed by atoms with E-state index in [4.69, 9.17) is 16.3 Å². The van der Waals surface area contributed by atoms with Gasteiger partial charge in [0.25, 0.3) is 0 Å².